The lowest BCUT2D eigenvalue weighted by Gasteiger charge is -2.00. The third-order valence-electron chi connectivity index (χ3n) is 3.00. The van der Waals surface area contributed by atoms with Crippen LogP contribution in [-0.4, -0.2) is 16.9 Å². The number of H-pyrrole nitrogens is 1. The number of benzene rings is 2. The maximum Gasteiger partial charge on any atom is 0.362 e. The van der Waals surface area contributed by atoms with Gasteiger partial charge in [-0.25, -0.2) is 14.0 Å². The van der Waals surface area contributed by atoms with Crippen LogP contribution in [0.2, 0.25) is 0 Å². The monoisotopic (exact) mass is 283 g/mol. The zero-order valence-corrected chi connectivity index (χ0v) is 10.8. The second kappa shape index (κ2) is 5.20. The van der Waals surface area contributed by atoms with Gasteiger partial charge in [0.05, 0.1) is 5.56 Å². The number of hydrogen-bond acceptors (Lipinski definition) is 3. The van der Waals surface area contributed by atoms with Gasteiger partial charge in [0.2, 0.25) is 0 Å². The zero-order valence-electron chi connectivity index (χ0n) is 10.8. The van der Waals surface area contributed by atoms with E-state index >= 15 is 0 Å². The van der Waals surface area contributed by atoms with Crippen LogP contribution in [0, 0.1) is 5.82 Å². The summed E-state index contributed by atoms with van der Waals surface area (Å²) in [5.41, 5.74) is 0.975. The molecule has 3 rings (SSSR count). The lowest BCUT2D eigenvalue weighted by molar-refractivity contribution is 0.0394. The Morgan fingerprint density at radius 1 is 0.952 bits per heavy atom. The van der Waals surface area contributed by atoms with Crippen molar-refractivity contribution in [1.82, 2.24) is 4.98 Å². The Bertz CT molecular complexity index is 824. The smallest absolute Gasteiger partial charge is 0.362 e. The molecular weight excluding hydrogens is 273 g/mol. The lowest BCUT2D eigenvalue weighted by atomic mass is 10.2. The molecule has 0 bridgehead atoms. The molecule has 0 radical (unpaired) electrons. The number of carbonyl (C=O) groups is 2. The molecular formula is C16H10FNO3. The highest BCUT2D eigenvalue weighted by atomic mass is 19.1. The summed E-state index contributed by atoms with van der Waals surface area (Å²) in [5.74, 6) is -1.94. The van der Waals surface area contributed by atoms with Gasteiger partial charge in [0.25, 0.3) is 0 Å². The minimum absolute atomic E-state index is 0.0971. The number of fused-ring (bicyclic) bond motifs is 1. The van der Waals surface area contributed by atoms with E-state index in [-0.39, 0.29) is 11.3 Å². The highest BCUT2D eigenvalue weighted by Gasteiger charge is 2.16. The Kier molecular flexibility index (Phi) is 3.23. The Labute approximate surface area is 119 Å². The number of nitrogens with one attached hydrogen (secondary N) is 1. The van der Waals surface area contributed by atoms with Crippen molar-refractivity contribution < 1.29 is 18.7 Å². The van der Waals surface area contributed by atoms with Crippen molar-refractivity contribution in [3.05, 3.63) is 71.7 Å². The molecule has 0 aliphatic heterocycles. The first kappa shape index (κ1) is 13.1. The molecule has 4 nitrogen and oxygen atoms in total. The minimum Gasteiger partial charge on any atom is -0.385 e. The number of carbonyl (C=O) groups excluding carboxylic acids is 2. The second-order valence-corrected chi connectivity index (χ2v) is 4.46. The van der Waals surface area contributed by atoms with Crippen LogP contribution >= 0.6 is 0 Å². The Morgan fingerprint density at radius 2 is 1.71 bits per heavy atom. The van der Waals surface area contributed by atoms with E-state index in [0.29, 0.717) is 10.9 Å². The van der Waals surface area contributed by atoms with Crippen LogP contribution < -0.4 is 0 Å². The first-order valence-corrected chi connectivity index (χ1v) is 6.23. The van der Waals surface area contributed by atoms with Gasteiger partial charge in [-0.3, -0.25) is 0 Å². The average molecular weight is 283 g/mol. The minimum atomic E-state index is -0.805. The predicted octanol–water partition coefficient (Wildman–Crippen LogP) is 3.30. The quantitative estimate of drug-likeness (QED) is 0.580. The molecule has 0 unspecified atom stereocenters. The SMILES string of the molecule is O=C(OC(=O)c1cc2cc(F)ccc2[nH]1)c1ccccc1. The van der Waals surface area contributed by atoms with Gasteiger partial charge in [-0.05, 0) is 36.4 Å². The van der Waals surface area contributed by atoms with Crippen molar-refractivity contribution >= 4 is 22.8 Å². The number of aromatic amines is 1. The summed E-state index contributed by atoms with van der Waals surface area (Å²) in [7, 11) is 0. The lowest BCUT2D eigenvalue weighted by Crippen LogP contribution is -2.12. The largest absolute Gasteiger partial charge is 0.385 e. The van der Waals surface area contributed by atoms with Crippen molar-refractivity contribution in [2.75, 3.05) is 0 Å². The van der Waals surface area contributed by atoms with Gasteiger partial charge >= 0.3 is 11.9 Å². The molecule has 2 aromatic carbocycles. The highest BCUT2D eigenvalue weighted by molar-refractivity contribution is 6.03. The van der Waals surface area contributed by atoms with Crippen molar-refractivity contribution in [2.45, 2.75) is 0 Å². The van der Waals surface area contributed by atoms with Crippen LogP contribution in [0.15, 0.2) is 54.6 Å². The van der Waals surface area contributed by atoms with Gasteiger partial charge in [-0.1, -0.05) is 18.2 Å². The van der Waals surface area contributed by atoms with E-state index in [1.807, 2.05) is 0 Å². The molecule has 0 aliphatic rings. The van der Waals surface area contributed by atoms with E-state index in [4.69, 9.17) is 4.74 Å². The van der Waals surface area contributed by atoms with E-state index in [0.717, 1.165) is 0 Å². The fraction of sp³-hybridized carbons (Fsp3) is 0. The van der Waals surface area contributed by atoms with Crippen LogP contribution in [0.4, 0.5) is 4.39 Å². The molecule has 5 heteroatoms. The third kappa shape index (κ3) is 2.67. The molecule has 1 aromatic heterocycles. The molecule has 0 saturated carbocycles. The maximum atomic E-state index is 13.1. The van der Waals surface area contributed by atoms with Crippen LogP contribution in [0.1, 0.15) is 20.8 Å². The summed E-state index contributed by atoms with van der Waals surface area (Å²) in [6.07, 6.45) is 0. The number of esters is 2. The van der Waals surface area contributed by atoms with E-state index < -0.39 is 17.8 Å². The Morgan fingerprint density at radius 3 is 2.48 bits per heavy atom. The van der Waals surface area contributed by atoms with Gasteiger partial charge in [0, 0.05) is 10.9 Å². The topological polar surface area (TPSA) is 59.2 Å². The normalized spacial score (nSPS) is 10.5. The third-order valence-corrected chi connectivity index (χ3v) is 3.00. The molecule has 104 valence electrons. The van der Waals surface area contributed by atoms with Crippen molar-refractivity contribution in [3.63, 3.8) is 0 Å². The Hall–Kier alpha value is -2.95. The van der Waals surface area contributed by atoms with Gasteiger partial charge in [0.15, 0.2) is 0 Å². The number of rotatable bonds is 2. The van der Waals surface area contributed by atoms with Crippen LogP contribution in [-0.2, 0) is 4.74 Å². The van der Waals surface area contributed by atoms with E-state index in [1.165, 1.54) is 24.3 Å². The van der Waals surface area contributed by atoms with Crippen LogP contribution in [0.25, 0.3) is 10.9 Å². The first-order chi connectivity index (χ1) is 10.1. The van der Waals surface area contributed by atoms with Crippen molar-refractivity contribution in [3.8, 4) is 0 Å². The van der Waals surface area contributed by atoms with Crippen LogP contribution in [0.3, 0.4) is 0 Å². The summed E-state index contributed by atoms with van der Waals surface area (Å²) < 4.78 is 17.9. The molecule has 0 spiro atoms. The summed E-state index contributed by atoms with van der Waals surface area (Å²) in [5, 5.41) is 0.536. The fourth-order valence-corrected chi connectivity index (χ4v) is 1.99. The van der Waals surface area contributed by atoms with E-state index in [9.17, 15) is 14.0 Å². The molecule has 0 aliphatic carbocycles. The van der Waals surface area contributed by atoms with E-state index in [2.05, 4.69) is 4.98 Å². The Balaban J connectivity index is 1.82. The highest BCUT2D eigenvalue weighted by Crippen LogP contribution is 2.17. The molecule has 21 heavy (non-hydrogen) atoms. The number of hydrogen-bond donors (Lipinski definition) is 1. The van der Waals surface area contributed by atoms with Gasteiger partial charge in [-0.15, -0.1) is 0 Å². The summed E-state index contributed by atoms with van der Waals surface area (Å²) >= 11 is 0. The number of ether oxygens (including phenoxy) is 1. The standard InChI is InChI=1S/C16H10FNO3/c17-12-6-7-13-11(8-12)9-14(18-13)16(20)21-15(19)10-4-2-1-3-5-10/h1-9,18H. The predicted molar refractivity (Wildman–Crippen MR) is 74.4 cm³/mol. The molecule has 1 N–H and O–H groups in total. The van der Waals surface area contributed by atoms with Crippen molar-refractivity contribution in [2.24, 2.45) is 0 Å². The molecule has 3 aromatic rings. The molecule has 0 fully saturated rings. The second-order valence-electron chi connectivity index (χ2n) is 4.46. The maximum absolute atomic E-state index is 13.1. The molecule has 0 saturated heterocycles. The van der Waals surface area contributed by atoms with Crippen LogP contribution in [0.5, 0.6) is 0 Å². The van der Waals surface area contributed by atoms with Crippen molar-refractivity contribution in [1.29, 1.82) is 0 Å². The van der Waals surface area contributed by atoms with Gasteiger partial charge in [0.1, 0.15) is 11.5 Å². The molecule has 0 atom stereocenters. The summed E-state index contributed by atoms with van der Waals surface area (Å²) in [4.78, 5) is 26.5. The van der Waals surface area contributed by atoms with Gasteiger partial charge in [-0.2, -0.15) is 0 Å². The average Bonchev–Trinajstić information content (AvgIpc) is 2.91. The zero-order chi connectivity index (χ0) is 14.8. The molecule has 1 heterocycles. The van der Waals surface area contributed by atoms with E-state index in [1.54, 1.807) is 30.3 Å². The summed E-state index contributed by atoms with van der Waals surface area (Å²) in [6.45, 7) is 0. The van der Waals surface area contributed by atoms with Gasteiger partial charge < -0.3 is 9.72 Å². The number of halogens is 1. The summed E-state index contributed by atoms with van der Waals surface area (Å²) in [6, 6.07) is 13.7. The first-order valence-electron chi connectivity index (χ1n) is 6.23. The molecule has 0 amide bonds. The number of aromatic nitrogens is 1. The fourth-order valence-electron chi connectivity index (χ4n) is 1.99.